The molecule has 1 heterocycles. The van der Waals surface area contributed by atoms with Gasteiger partial charge in [-0.3, -0.25) is 9.82 Å². The Hall–Kier alpha value is -2.22. The second kappa shape index (κ2) is 5.61. The van der Waals surface area contributed by atoms with E-state index in [9.17, 15) is 8.42 Å². The van der Waals surface area contributed by atoms with Crippen LogP contribution < -0.4 is 15.2 Å². The summed E-state index contributed by atoms with van der Waals surface area (Å²) in [6, 6.07) is 6.75. The van der Waals surface area contributed by atoms with Gasteiger partial charge < -0.3 is 10.5 Å². The molecule has 0 saturated heterocycles. The van der Waals surface area contributed by atoms with Crippen molar-refractivity contribution in [1.82, 2.24) is 10.2 Å². The number of ether oxygens (including phenoxy) is 1. The van der Waals surface area contributed by atoms with E-state index in [1.807, 2.05) is 0 Å². The number of benzene rings is 1. The van der Waals surface area contributed by atoms with Gasteiger partial charge in [0.2, 0.25) is 10.0 Å². The van der Waals surface area contributed by atoms with Crippen LogP contribution in [0.4, 0.5) is 11.4 Å². The lowest BCUT2D eigenvalue weighted by molar-refractivity contribution is 0.341. The molecular formula is C11H14N4O3S. The van der Waals surface area contributed by atoms with Gasteiger partial charge in [-0.1, -0.05) is 0 Å². The number of aromatic nitrogens is 2. The second-order valence-electron chi connectivity index (χ2n) is 3.83. The number of hydrogen-bond donors (Lipinski definition) is 3. The first-order valence-corrected chi connectivity index (χ1v) is 7.18. The van der Waals surface area contributed by atoms with Gasteiger partial charge in [0.1, 0.15) is 18.1 Å². The van der Waals surface area contributed by atoms with Gasteiger partial charge in [0.05, 0.1) is 11.9 Å². The summed E-state index contributed by atoms with van der Waals surface area (Å²) in [7, 11) is -3.44. The number of rotatable bonds is 6. The maximum absolute atomic E-state index is 11.7. The Morgan fingerprint density at radius 1 is 1.32 bits per heavy atom. The lowest BCUT2D eigenvalue weighted by atomic mass is 10.3. The summed E-state index contributed by atoms with van der Waals surface area (Å²) in [6.45, 7) is 0.0527. The number of nitrogens with one attached hydrogen (secondary N) is 2. The highest BCUT2D eigenvalue weighted by Crippen LogP contribution is 2.13. The molecule has 19 heavy (non-hydrogen) atoms. The minimum atomic E-state index is -3.44. The van der Waals surface area contributed by atoms with Gasteiger partial charge in [0.25, 0.3) is 0 Å². The molecule has 7 nitrogen and oxygen atoms in total. The van der Waals surface area contributed by atoms with Crippen molar-refractivity contribution in [2.45, 2.75) is 0 Å². The van der Waals surface area contributed by atoms with E-state index in [-0.39, 0.29) is 12.4 Å². The maximum atomic E-state index is 11.7. The van der Waals surface area contributed by atoms with Crippen LogP contribution in [0.2, 0.25) is 0 Å². The van der Waals surface area contributed by atoms with E-state index in [0.717, 1.165) is 0 Å². The van der Waals surface area contributed by atoms with Crippen molar-refractivity contribution in [2.75, 3.05) is 22.8 Å². The van der Waals surface area contributed by atoms with Crippen LogP contribution in [0.3, 0.4) is 0 Å². The lowest BCUT2D eigenvalue weighted by Gasteiger charge is -2.08. The molecule has 0 bridgehead atoms. The molecule has 1 aromatic heterocycles. The quantitative estimate of drug-likeness (QED) is 0.679. The Bertz CT molecular complexity index is 608. The van der Waals surface area contributed by atoms with Crippen LogP contribution >= 0.6 is 0 Å². The Morgan fingerprint density at radius 2 is 2.05 bits per heavy atom. The molecule has 0 radical (unpaired) electrons. The van der Waals surface area contributed by atoms with Crippen molar-refractivity contribution in [2.24, 2.45) is 0 Å². The molecule has 1 aromatic carbocycles. The molecule has 102 valence electrons. The topological polar surface area (TPSA) is 110 Å². The van der Waals surface area contributed by atoms with Crippen LogP contribution in [-0.2, 0) is 10.0 Å². The first-order chi connectivity index (χ1) is 9.05. The monoisotopic (exact) mass is 282 g/mol. The molecule has 0 aliphatic carbocycles. The van der Waals surface area contributed by atoms with Gasteiger partial charge >= 0.3 is 0 Å². The number of hydrogen-bond acceptors (Lipinski definition) is 5. The van der Waals surface area contributed by atoms with Gasteiger partial charge in [-0.15, -0.1) is 0 Å². The van der Waals surface area contributed by atoms with Gasteiger partial charge in [0, 0.05) is 11.9 Å². The number of H-pyrrole nitrogens is 1. The predicted molar refractivity (Wildman–Crippen MR) is 72.3 cm³/mol. The maximum Gasteiger partial charge on any atom is 0.236 e. The zero-order valence-corrected chi connectivity index (χ0v) is 10.9. The zero-order chi connectivity index (χ0) is 13.7. The standard InChI is InChI=1S/C11H14N4O3S/c12-9-1-3-11(4-2-9)18-5-6-19(16,17)15-10-7-13-14-8-10/h1-4,7-8,15H,5-6,12H2,(H,13,14). The Labute approximate surface area is 110 Å². The molecule has 2 aromatic rings. The fraction of sp³-hybridized carbons (Fsp3) is 0.182. The lowest BCUT2D eigenvalue weighted by Crippen LogP contribution is -2.21. The summed E-state index contributed by atoms with van der Waals surface area (Å²) in [5, 5.41) is 6.17. The molecule has 0 unspecified atom stereocenters. The summed E-state index contributed by atoms with van der Waals surface area (Å²) in [6.07, 6.45) is 2.84. The summed E-state index contributed by atoms with van der Waals surface area (Å²) in [5.41, 5.74) is 6.55. The Kier molecular flexibility index (Phi) is 3.91. The summed E-state index contributed by atoms with van der Waals surface area (Å²) >= 11 is 0. The smallest absolute Gasteiger partial charge is 0.236 e. The van der Waals surface area contributed by atoms with E-state index in [4.69, 9.17) is 10.5 Å². The van der Waals surface area contributed by atoms with Crippen LogP contribution in [0.5, 0.6) is 5.75 Å². The summed E-state index contributed by atoms with van der Waals surface area (Å²) in [5.74, 6) is 0.426. The Morgan fingerprint density at radius 3 is 2.68 bits per heavy atom. The molecule has 0 spiro atoms. The van der Waals surface area contributed by atoms with Gasteiger partial charge in [0.15, 0.2) is 0 Å². The van der Waals surface area contributed by atoms with E-state index in [2.05, 4.69) is 14.9 Å². The van der Waals surface area contributed by atoms with Gasteiger partial charge in [-0.25, -0.2) is 8.42 Å². The van der Waals surface area contributed by atoms with Crippen LogP contribution in [0, 0.1) is 0 Å². The number of nitrogens with two attached hydrogens (primary N) is 1. The Balaban J connectivity index is 1.83. The first kappa shape index (κ1) is 13.2. The minimum Gasteiger partial charge on any atom is -0.492 e. The molecule has 2 rings (SSSR count). The number of aromatic amines is 1. The van der Waals surface area contributed by atoms with Crippen LogP contribution in [-0.4, -0.2) is 31.0 Å². The average molecular weight is 282 g/mol. The molecule has 8 heteroatoms. The van der Waals surface area contributed by atoms with Crippen molar-refractivity contribution < 1.29 is 13.2 Å². The number of nitrogens with zero attached hydrogens (tertiary/aromatic N) is 1. The molecule has 0 saturated carbocycles. The van der Waals surface area contributed by atoms with Crippen molar-refractivity contribution in [1.29, 1.82) is 0 Å². The van der Waals surface area contributed by atoms with Gasteiger partial charge in [-0.05, 0) is 24.3 Å². The predicted octanol–water partition coefficient (Wildman–Crippen LogP) is 0.813. The summed E-state index contributed by atoms with van der Waals surface area (Å²) in [4.78, 5) is 0. The average Bonchev–Trinajstić information content (AvgIpc) is 2.83. The number of nitrogen functional groups attached to an aromatic ring is 1. The largest absolute Gasteiger partial charge is 0.492 e. The van der Waals surface area contributed by atoms with Crippen molar-refractivity contribution in [3.8, 4) is 5.75 Å². The van der Waals surface area contributed by atoms with Crippen molar-refractivity contribution in [3.63, 3.8) is 0 Å². The third kappa shape index (κ3) is 4.18. The second-order valence-corrected chi connectivity index (χ2v) is 5.67. The molecule has 4 N–H and O–H groups in total. The van der Waals surface area contributed by atoms with Crippen molar-refractivity contribution in [3.05, 3.63) is 36.7 Å². The summed E-state index contributed by atoms with van der Waals surface area (Å²) < 4.78 is 31.1. The first-order valence-electron chi connectivity index (χ1n) is 5.53. The highest BCUT2D eigenvalue weighted by Gasteiger charge is 2.11. The highest BCUT2D eigenvalue weighted by atomic mass is 32.2. The van der Waals surface area contributed by atoms with E-state index in [0.29, 0.717) is 17.1 Å². The SMILES string of the molecule is Nc1ccc(OCCS(=O)(=O)Nc2cn[nH]c2)cc1. The highest BCUT2D eigenvalue weighted by molar-refractivity contribution is 7.92. The number of sulfonamides is 1. The molecule has 0 atom stereocenters. The number of anilines is 2. The third-order valence-corrected chi connectivity index (χ3v) is 3.52. The third-order valence-electron chi connectivity index (χ3n) is 2.27. The molecular weight excluding hydrogens is 268 g/mol. The van der Waals surface area contributed by atoms with E-state index < -0.39 is 10.0 Å². The van der Waals surface area contributed by atoms with Crippen LogP contribution in [0.1, 0.15) is 0 Å². The molecule has 0 fully saturated rings. The van der Waals surface area contributed by atoms with E-state index in [1.165, 1.54) is 12.4 Å². The zero-order valence-electron chi connectivity index (χ0n) is 10.0. The van der Waals surface area contributed by atoms with E-state index in [1.54, 1.807) is 24.3 Å². The van der Waals surface area contributed by atoms with Crippen molar-refractivity contribution >= 4 is 21.4 Å². The van der Waals surface area contributed by atoms with E-state index >= 15 is 0 Å². The molecule has 0 amide bonds. The normalized spacial score (nSPS) is 11.2. The van der Waals surface area contributed by atoms with Gasteiger partial charge in [-0.2, -0.15) is 5.10 Å². The fourth-order valence-corrected chi connectivity index (χ4v) is 2.25. The molecule has 0 aliphatic rings. The van der Waals surface area contributed by atoms with Crippen LogP contribution in [0.25, 0.3) is 0 Å². The van der Waals surface area contributed by atoms with Crippen LogP contribution in [0.15, 0.2) is 36.7 Å². The minimum absolute atomic E-state index is 0.0527. The molecule has 0 aliphatic heterocycles. The fourth-order valence-electron chi connectivity index (χ4n) is 1.37.